The lowest BCUT2D eigenvalue weighted by Gasteiger charge is -2.15. The van der Waals surface area contributed by atoms with Crippen molar-refractivity contribution in [2.75, 3.05) is 11.9 Å². The molecule has 0 atom stereocenters. The second kappa shape index (κ2) is 6.43. The molecule has 1 saturated carbocycles. The minimum Gasteiger partial charge on any atom is -0.478 e. The molecule has 0 bridgehead atoms. The van der Waals surface area contributed by atoms with Crippen LogP contribution in [0.5, 0.6) is 0 Å². The fraction of sp³-hybridized carbons (Fsp3) is 0.533. The normalized spacial score (nSPS) is 17.1. The Labute approximate surface area is 108 Å². The van der Waals surface area contributed by atoms with Crippen LogP contribution in [0, 0.1) is 5.92 Å². The molecule has 18 heavy (non-hydrogen) atoms. The molecular formula is C15H21NO2. The average Bonchev–Trinajstić information content (AvgIpc) is 2.65. The van der Waals surface area contributed by atoms with Gasteiger partial charge in [-0.25, -0.2) is 4.79 Å². The van der Waals surface area contributed by atoms with E-state index in [2.05, 4.69) is 5.32 Å². The van der Waals surface area contributed by atoms with Crippen LogP contribution in [-0.4, -0.2) is 17.6 Å². The molecule has 0 unspecified atom stereocenters. The molecule has 0 spiro atoms. The summed E-state index contributed by atoms with van der Waals surface area (Å²) in [6.45, 7) is 1.01. The molecule has 1 fully saturated rings. The van der Waals surface area contributed by atoms with Crippen molar-refractivity contribution in [3.05, 3.63) is 29.8 Å². The maximum absolute atomic E-state index is 10.7. The van der Waals surface area contributed by atoms with Gasteiger partial charge in [0.05, 0.1) is 5.56 Å². The van der Waals surface area contributed by atoms with Crippen molar-refractivity contribution in [2.45, 2.75) is 38.5 Å². The van der Waals surface area contributed by atoms with Crippen LogP contribution in [0.15, 0.2) is 24.3 Å². The topological polar surface area (TPSA) is 49.3 Å². The molecule has 3 heteroatoms. The summed E-state index contributed by atoms with van der Waals surface area (Å²) in [5.74, 6) is -0.100. The molecule has 2 N–H and O–H groups in total. The Morgan fingerprint density at radius 3 is 2.28 bits per heavy atom. The number of carboxylic acid groups (broad SMARTS) is 1. The average molecular weight is 247 g/mol. The zero-order chi connectivity index (χ0) is 12.8. The van der Waals surface area contributed by atoms with Gasteiger partial charge in [0.2, 0.25) is 0 Å². The first-order valence-electron chi connectivity index (χ1n) is 6.83. The minimum atomic E-state index is -0.870. The van der Waals surface area contributed by atoms with E-state index in [0.717, 1.165) is 18.2 Å². The molecule has 0 heterocycles. The van der Waals surface area contributed by atoms with Crippen molar-refractivity contribution in [2.24, 2.45) is 5.92 Å². The summed E-state index contributed by atoms with van der Waals surface area (Å²) in [7, 11) is 0. The number of anilines is 1. The van der Waals surface area contributed by atoms with Gasteiger partial charge in [0.25, 0.3) is 0 Å². The van der Waals surface area contributed by atoms with Crippen molar-refractivity contribution in [1.29, 1.82) is 0 Å². The smallest absolute Gasteiger partial charge is 0.335 e. The Balaban J connectivity index is 1.83. The number of carboxylic acids is 1. The third kappa shape index (κ3) is 3.76. The van der Waals surface area contributed by atoms with E-state index in [1.54, 1.807) is 12.1 Å². The lowest BCUT2D eigenvalue weighted by molar-refractivity contribution is 0.0697. The van der Waals surface area contributed by atoms with Gasteiger partial charge in [0, 0.05) is 12.2 Å². The number of hydrogen-bond donors (Lipinski definition) is 2. The molecule has 98 valence electrons. The van der Waals surface area contributed by atoms with Crippen molar-refractivity contribution >= 4 is 11.7 Å². The first-order chi connectivity index (χ1) is 8.75. The third-order valence-electron chi connectivity index (χ3n) is 3.70. The highest BCUT2D eigenvalue weighted by atomic mass is 16.4. The first-order valence-corrected chi connectivity index (χ1v) is 6.83. The summed E-state index contributed by atoms with van der Waals surface area (Å²) in [5.41, 5.74) is 1.36. The van der Waals surface area contributed by atoms with E-state index in [1.807, 2.05) is 12.1 Å². The van der Waals surface area contributed by atoms with Crippen LogP contribution in [0.3, 0.4) is 0 Å². The molecule has 2 rings (SSSR count). The van der Waals surface area contributed by atoms with Crippen LogP contribution >= 0.6 is 0 Å². The van der Waals surface area contributed by atoms with Gasteiger partial charge in [-0.2, -0.15) is 0 Å². The molecule has 3 nitrogen and oxygen atoms in total. The van der Waals surface area contributed by atoms with Gasteiger partial charge in [0.1, 0.15) is 0 Å². The summed E-state index contributed by atoms with van der Waals surface area (Å²) >= 11 is 0. The molecule has 0 saturated heterocycles. The van der Waals surface area contributed by atoms with E-state index in [0.29, 0.717) is 5.56 Å². The highest BCUT2D eigenvalue weighted by Gasteiger charge is 2.11. The van der Waals surface area contributed by atoms with Crippen LogP contribution < -0.4 is 5.32 Å². The maximum Gasteiger partial charge on any atom is 0.335 e. The SMILES string of the molecule is O=C(O)c1ccc(NCC2CCCCCC2)cc1. The molecule has 0 aromatic heterocycles. The number of nitrogens with one attached hydrogen (secondary N) is 1. The highest BCUT2D eigenvalue weighted by molar-refractivity contribution is 5.87. The standard InChI is InChI=1S/C15H21NO2/c17-15(18)13-7-9-14(10-8-13)16-11-12-5-3-1-2-4-6-12/h7-10,12,16H,1-6,11H2,(H,17,18). The van der Waals surface area contributed by atoms with Gasteiger partial charge in [-0.3, -0.25) is 0 Å². The van der Waals surface area contributed by atoms with Crippen LogP contribution in [-0.2, 0) is 0 Å². The predicted molar refractivity (Wildman–Crippen MR) is 73.1 cm³/mol. The number of carbonyl (C=O) groups is 1. The van der Waals surface area contributed by atoms with E-state index in [9.17, 15) is 4.79 Å². The van der Waals surface area contributed by atoms with Crippen LogP contribution in [0.2, 0.25) is 0 Å². The molecule has 1 aromatic carbocycles. The Bertz CT molecular complexity index is 378. The fourth-order valence-electron chi connectivity index (χ4n) is 2.56. The Morgan fingerprint density at radius 1 is 1.11 bits per heavy atom. The zero-order valence-electron chi connectivity index (χ0n) is 10.7. The number of hydrogen-bond acceptors (Lipinski definition) is 2. The van der Waals surface area contributed by atoms with E-state index in [1.165, 1.54) is 38.5 Å². The zero-order valence-corrected chi connectivity index (χ0v) is 10.7. The molecule has 1 aromatic rings. The fourth-order valence-corrected chi connectivity index (χ4v) is 2.56. The predicted octanol–water partition coefficient (Wildman–Crippen LogP) is 3.77. The van der Waals surface area contributed by atoms with Crippen LogP contribution in [0.1, 0.15) is 48.9 Å². The lowest BCUT2D eigenvalue weighted by Crippen LogP contribution is -2.13. The maximum atomic E-state index is 10.7. The molecule has 1 aliphatic rings. The molecule has 0 radical (unpaired) electrons. The van der Waals surface area contributed by atoms with E-state index < -0.39 is 5.97 Å². The van der Waals surface area contributed by atoms with Gasteiger partial charge in [0.15, 0.2) is 0 Å². The van der Waals surface area contributed by atoms with Gasteiger partial charge in [-0.1, -0.05) is 25.7 Å². The third-order valence-corrected chi connectivity index (χ3v) is 3.70. The van der Waals surface area contributed by atoms with Crippen molar-refractivity contribution in [3.8, 4) is 0 Å². The summed E-state index contributed by atoms with van der Waals surface area (Å²) in [4.78, 5) is 10.7. The number of benzene rings is 1. The quantitative estimate of drug-likeness (QED) is 0.796. The highest BCUT2D eigenvalue weighted by Crippen LogP contribution is 2.23. The van der Waals surface area contributed by atoms with Gasteiger partial charge in [-0.05, 0) is 43.0 Å². The van der Waals surface area contributed by atoms with Crippen LogP contribution in [0.4, 0.5) is 5.69 Å². The Kier molecular flexibility index (Phi) is 4.62. The van der Waals surface area contributed by atoms with E-state index in [-0.39, 0.29) is 0 Å². The van der Waals surface area contributed by atoms with Gasteiger partial charge >= 0.3 is 5.97 Å². The van der Waals surface area contributed by atoms with Gasteiger partial charge in [-0.15, -0.1) is 0 Å². The summed E-state index contributed by atoms with van der Waals surface area (Å²) in [6, 6.07) is 7.00. The second-order valence-corrected chi connectivity index (χ2v) is 5.12. The van der Waals surface area contributed by atoms with Crippen molar-refractivity contribution in [3.63, 3.8) is 0 Å². The second-order valence-electron chi connectivity index (χ2n) is 5.12. The van der Waals surface area contributed by atoms with Crippen molar-refractivity contribution < 1.29 is 9.90 Å². The summed E-state index contributed by atoms with van der Waals surface area (Å²) in [5, 5.41) is 12.2. The molecule has 0 aliphatic heterocycles. The van der Waals surface area contributed by atoms with E-state index in [4.69, 9.17) is 5.11 Å². The molecule has 0 amide bonds. The molecule has 1 aliphatic carbocycles. The largest absolute Gasteiger partial charge is 0.478 e. The number of rotatable bonds is 4. The van der Waals surface area contributed by atoms with Gasteiger partial charge < -0.3 is 10.4 Å². The van der Waals surface area contributed by atoms with Crippen LogP contribution in [0.25, 0.3) is 0 Å². The monoisotopic (exact) mass is 247 g/mol. The Hall–Kier alpha value is -1.51. The number of aromatic carboxylic acids is 1. The molecular weight excluding hydrogens is 226 g/mol. The summed E-state index contributed by atoms with van der Waals surface area (Å²) < 4.78 is 0. The lowest BCUT2D eigenvalue weighted by atomic mass is 10.0. The first kappa shape index (κ1) is 12.9. The minimum absolute atomic E-state index is 0.343. The Morgan fingerprint density at radius 2 is 1.72 bits per heavy atom. The van der Waals surface area contributed by atoms with Crippen molar-refractivity contribution in [1.82, 2.24) is 0 Å². The van der Waals surface area contributed by atoms with E-state index >= 15 is 0 Å². The summed E-state index contributed by atoms with van der Waals surface area (Å²) in [6.07, 6.45) is 8.10.